The first kappa shape index (κ1) is 30.3. The van der Waals surface area contributed by atoms with Crippen molar-refractivity contribution in [3.05, 3.63) is 101 Å². The van der Waals surface area contributed by atoms with E-state index in [9.17, 15) is 14.3 Å². The van der Waals surface area contributed by atoms with Crippen molar-refractivity contribution in [1.82, 2.24) is 20.1 Å². The third kappa shape index (κ3) is 5.62. The minimum absolute atomic E-state index is 0.0692. The molecule has 0 bridgehead atoms. The number of pyridine rings is 1. The number of hydrogen-bond acceptors (Lipinski definition) is 8. The van der Waals surface area contributed by atoms with Gasteiger partial charge in [0.05, 0.1) is 24.0 Å². The van der Waals surface area contributed by atoms with Gasteiger partial charge in [-0.25, -0.2) is 9.37 Å². The predicted molar refractivity (Wildman–Crippen MR) is 179 cm³/mol. The number of hydrogen-bond donors (Lipinski definition) is 2. The van der Waals surface area contributed by atoms with Crippen LogP contribution < -0.4 is 10.1 Å². The molecule has 2 aromatic heterocycles. The van der Waals surface area contributed by atoms with Crippen molar-refractivity contribution < 1.29 is 23.8 Å². The number of nitrogens with one attached hydrogen (secondary N) is 1. The lowest BCUT2D eigenvalue weighted by molar-refractivity contribution is -0.134. The van der Waals surface area contributed by atoms with Gasteiger partial charge in [0.25, 0.3) is 0 Å². The maximum absolute atomic E-state index is 14.6. The number of aliphatic hydroxyl groups excluding tert-OH is 1. The van der Waals surface area contributed by atoms with Crippen LogP contribution in [0.3, 0.4) is 0 Å². The highest BCUT2D eigenvalue weighted by molar-refractivity contribution is 7.18. The lowest BCUT2D eigenvalue weighted by Crippen LogP contribution is -2.61. The van der Waals surface area contributed by atoms with Gasteiger partial charge in [-0.2, -0.15) is 0 Å². The van der Waals surface area contributed by atoms with Gasteiger partial charge in [-0.1, -0.05) is 24.8 Å². The van der Waals surface area contributed by atoms with Crippen molar-refractivity contribution in [3.8, 4) is 28.1 Å². The Hall–Kier alpha value is -4.35. The third-order valence-corrected chi connectivity index (χ3v) is 9.75. The second kappa shape index (κ2) is 12.8. The minimum Gasteiger partial charge on any atom is -0.490 e. The molecule has 1 unspecified atom stereocenters. The molecule has 8 nitrogen and oxygen atoms in total. The number of allylic oxidation sites excluding steroid dienone is 2. The first-order valence-electron chi connectivity index (χ1n) is 15.4. The topological polar surface area (TPSA) is 87.2 Å². The van der Waals surface area contributed by atoms with Crippen LogP contribution in [0.4, 0.5) is 4.39 Å². The Labute approximate surface area is 271 Å². The van der Waals surface area contributed by atoms with Crippen LogP contribution in [0.2, 0.25) is 0 Å². The number of ether oxygens (including phenoxy) is 2. The third-order valence-electron chi connectivity index (χ3n) is 8.82. The van der Waals surface area contributed by atoms with Gasteiger partial charge in [-0.15, -0.1) is 11.3 Å². The number of carbonyl (C=O) groups is 1. The molecule has 2 N–H and O–H groups in total. The second-order valence-corrected chi connectivity index (χ2v) is 12.6. The lowest BCUT2D eigenvalue weighted by atomic mass is 9.92. The number of likely N-dealkylation sites (tertiary alicyclic amines) is 1. The monoisotopic (exact) mass is 638 g/mol. The molecular weight excluding hydrogens is 603 g/mol. The molecule has 1 fully saturated rings. The number of thiophene rings is 1. The Kier molecular flexibility index (Phi) is 8.44. The van der Waals surface area contributed by atoms with E-state index in [1.807, 2.05) is 17.2 Å². The van der Waals surface area contributed by atoms with Crippen molar-refractivity contribution in [2.24, 2.45) is 0 Å². The summed E-state index contributed by atoms with van der Waals surface area (Å²) >= 11 is 1.60. The van der Waals surface area contributed by atoms with Gasteiger partial charge >= 0.3 is 0 Å². The molecule has 3 aliphatic rings. The summed E-state index contributed by atoms with van der Waals surface area (Å²) in [6.07, 6.45) is 6.96. The SMILES string of the molecule is C=CC(=O)N1CC(N2C=C(c3nc(-c4ccc5c(c4)CCNC5)c4ccsc4c3-c3ccc(F)cc3OCCOC)C=CC2O)C1. The average Bonchev–Trinajstić information content (AvgIpc) is 3.54. The first-order chi connectivity index (χ1) is 22.4. The van der Waals surface area contributed by atoms with E-state index in [1.54, 1.807) is 35.5 Å². The summed E-state index contributed by atoms with van der Waals surface area (Å²) in [6.45, 7) is 6.96. The summed E-state index contributed by atoms with van der Waals surface area (Å²) in [7, 11) is 1.60. The van der Waals surface area contributed by atoms with Crippen molar-refractivity contribution in [2.75, 3.05) is 40.0 Å². The van der Waals surface area contributed by atoms with Crippen molar-refractivity contribution >= 4 is 32.9 Å². The highest BCUT2D eigenvalue weighted by Crippen LogP contribution is 2.46. The Balaban J connectivity index is 1.40. The molecule has 10 heteroatoms. The van der Waals surface area contributed by atoms with Crippen LogP contribution in [0.15, 0.2) is 78.9 Å². The largest absolute Gasteiger partial charge is 0.490 e. The predicted octanol–water partition coefficient (Wildman–Crippen LogP) is 5.37. The van der Waals surface area contributed by atoms with Gasteiger partial charge in [-0.3, -0.25) is 4.79 Å². The van der Waals surface area contributed by atoms with E-state index in [0.29, 0.717) is 36.7 Å². The standard InChI is InChI=1S/C36H35FN4O4S/c1-3-31(42)40-20-27(21-40)41-19-25(6-9-32(41)43)35-33(28-8-7-26(37)17-30(28)45-14-13-44-2)36-29(11-15-46-36)34(39-35)23-4-5-24-18-38-12-10-22(24)16-23/h3-9,11,15-17,19,27,32,38,43H,1,10,12-14,18,20-21H2,2H3. The number of aliphatic hydroxyl groups is 1. The number of halogens is 1. The molecule has 1 saturated heterocycles. The molecule has 7 rings (SSSR count). The number of amides is 1. The van der Waals surface area contributed by atoms with Gasteiger partial charge in [0.1, 0.15) is 24.4 Å². The first-order valence-corrected chi connectivity index (χ1v) is 16.3. The van der Waals surface area contributed by atoms with Gasteiger partial charge < -0.3 is 29.7 Å². The summed E-state index contributed by atoms with van der Waals surface area (Å²) in [4.78, 5) is 21.1. The summed E-state index contributed by atoms with van der Waals surface area (Å²) in [5.41, 5.74) is 7.53. The van der Waals surface area contributed by atoms with Crippen LogP contribution in [-0.4, -0.2) is 78.0 Å². The Morgan fingerprint density at radius 2 is 2.04 bits per heavy atom. The van der Waals surface area contributed by atoms with Crippen molar-refractivity contribution in [3.63, 3.8) is 0 Å². The Morgan fingerprint density at radius 1 is 1.17 bits per heavy atom. The molecule has 0 saturated carbocycles. The van der Waals surface area contributed by atoms with E-state index in [2.05, 4.69) is 41.5 Å². The van der Waals surface area contributed by atoms with Gasteiger partial charge in [0.2, 0.25) is 5.91 Å². The molecule has 5 heterocycles. The normalized spacial score (nSPS) is 17.9. The molecule has 46 heavy (non-hydrogen) atoms. The molecule has 2 aromatic carbocycles. The summed E-state index contributed by atoms with van der Waals surface area (Å²) in [6, 6.07) is 13.2. The maximum Gasteiger partial charge on any atom is 0.246 e. The van der Waals surface area contributed by atoms with Crippen LogP contribution in [-0.2, 0) is 22.5 Å². The van der Waals surface area contributed by atoms with E-state index < -0.39 is 12.0 Å². The van der Waals surface area contributed by atoms with Gasteiger partial charge in [-0.05, 0) is 65.9 Å². The molecule has 1 atom stereocenters. The number of carbonyl (C=O) groups excluding carboxylic acids is 1. The molecule has 0 spiro atoms. The maximum atomic E-state index is 14.6. The van der Waals surface area contributed by atoms with Crippen LogP contribution in [0.5, 0.6) is 5.75 Å². The Morgan fingerprint density at radius 3 is 2.87 bits per heavy atom. The summed E-state index contributed by atoms with van der Waals surface area (Å²) in [5.74, 6) is -0.126. The zero-order valence-corrected chi connectivity index (χ0v) is 26.4. The lowest BCUT2D eigenvalue weighted by Gasteiger charge is -2.46. The number of methoxy groups -OCH3 is 1. The van der Waals surface area contributed by atoms with Crippen molar-refractivity contribution in [2.45, 2.75) is 25.2 Å². The second-order valence-electron chi connectivity index (χ2n) is 11.6. The minimum atomic E-state index is -0.851. The molecule has 236 valence electrons. The molecule has 0 radical (unpaired) electrons. The highest BCUT2D eigenvalue weighted by Gasteiger charge is 2.36. The van der Waals surface area contributed by atoms with E-state index >= 15 is 0 Å². The highest BCUT2D eigenvalue weighted by atomic mass is 32.1. The van der Waals surface area contributed by atoms with Gasteiger partial charge in [0, 0.05) is 71.4 Å². The van der Waals surface area contributed by atoms with E-state index in [4.69, 9.17) is 14.5 Å². The molecule has 4 aromatic rings. The zero-order valence-electron chi connectivity index (χ0n) is 25.5. The van der Waals surface area contributed by atoms with Crippen molar-refractivity contribution in [1.29, 1.82) is 0 Å². The molecular formula is C36H35FN4O4S. The fourth-order valence-corrected chi connectivity index (χ4v) is 7.33. The zero-order chi connectivity index (χ0) is 31.8. The van der Waals surface area contributed by atoms with Crippen LogP contribution in [0.25, 0.3) is 38.0 Å². The molecule has 0 aliphatic carbocycles. The number of fused-ring (bicyclic) bond motifs is 2. The number of benzene rings is 2. The average molecular weight is 639 g/mol. The van der Waals surface area contributed by atoms with E-state index in [1.165, 1.54) is 29.3 Å². The van der Waals surface area contributed by atoms with E-state index in [0.717, 1.165) is 52.0 Å². The smallest absolute Gasteiger partial charge is 0.246 e. The van der Waals surface area contributed by atoms with Crippen LogP contribution >= 0.6 is 11.3 Å². The molecule has 3 aliphatic heterocycles. The van der Waals surface area contributed by atoms with E-state index in [-0.39, 0.29) is 18.6 Å². The Bertz CT molecular complexity index is 1880. The number of aromatic nitrogens is 1. The summed E-state index contributed by atoms with van der Waals surface area (Å²) < 4.78 is 26.9. The van der Waals surface area contributed by atoms with Crippen LogP contribution in [0, 0.1) is 5.82 Å². The van der Waals surface area contributed by atoms with Gasteiger partial charge in [0.15, 0.2) is 0 Å². The quantitative estimate of drug-likeness (QED) is 0.188. The number of nitrogens with zero attached hydrogens (tertiary/aromatic N) is 3. The molecule has 1 amide bonds. The summed E-state index contributed by atoms with van der Waals surface area (Å²) in [5, 5.41) is 17.5. The van der Waals surface area contributed by atoms with Crippen LogP contribution in [0.1, 0.15) is 16.8 Å². The number of rotatable bonds is 9. The fourth-order valence-electron chi connectivity index (χ4n) is 6.37. The fraction of sp³-hybridized carbons (Fsp3) is 0.278.